The highest BCUT2D eigenvalue weighted by Crippen LogP contribution is 2.34. The first-order valence-corrected chi connectivity index (χ1v) is 13.5. The zero-order chi connectivity index (χ0) is 24.8. The minimum absolute atomic E-state index is 0.179. The second kappa shape index (κ2) is 8.87. The van der Waals surface area contributed by atoms with Crippen molar-refractivity contribution in [2.75, 3.05) is 24.5 Å². The lowest BCUT2D eigenvalue weighted by atomic mass is 9.96. The molecule has 0 atom stereocenters. The van der Waals surface area contributed by atoms with Gasteiger partial charge in [-0.25, -0.2) is 8.42 Å². The Labute approximate surface area is 206 Å². The predicted octanol–water partition coefficient (Wildman–Crippen LogP) is 4.41. The lowest BCUT2D eigenvalue weighted by Gasteiger charge is -2.26. The number of carbonyl (C=O) groups excluding carboxylic acids is 1. The van der Waals surface area contributed by atoms with Crippen molar-refractivity contribution in [1.29, 1.82) is 0 Å². The fourth-order valence-electron chi connectivity index (χ4n) is 4.64. The van der Waals surface area contributed by atoms with Gasteiger partial charge in [0, 0.05) is 30.7 Å². The van der Waals surface area contributed by atoms with Gasteiger partial charge in [-0.05, 0) is 55.2 Å². The number of fused-ring (bicyclic) bond motifs is 1. The number of aromatic nitrogens is 2. The molecule has 0 spiro atoms. The zero-order valence-electron chi connectivity index (χ0n) is 20.3. The molecule has 8 nitrogen and oxygen atoms in total. The van der Waals surface area contributed by atoms with Gasteiger partial charge in [-0.1, -0.05) is 44.5 Å². The molecule has 0 bridgehead atoms. The van der Waals surface area contributed by atoms with Crippen molar-refractivity contribution in [3.05, 3.63) is 59.4 Å². The van der Waals surface area contributed by atoms with Gasteiger partial charge in [-0.3, -0.25) is 4.79 Å². The van der Waals surface area contributed by atoms with E-state index in [0.29, 0.717) is 53.8 Å². The van der Waals surface area contributed by atoms with Crippen molar-refractivity contribution >= 4 is 21.6 Å². The van der Waals surface area contributed by atoms with E-state index in [1.54, 1.807) is 39.5 Å². The molecule has 0 N–H and O–H groups in total. The molecule has 3 heterocycles. The molecule has 9 heteroatoms. The Kier molecular flexibility index (Phi) is 6.01. The molecule has 3 aromatic rings. The third-order valence-electron chi connectivity index (χ3n) is 6.63. The summed E-state index contributed by atoms with van der Waals surface area (Å²) in [5.41, 5.74) is 2.37. The molecule has 0 aliphatic carbocycles. The first-order chi connectivity index (χ1) is 16.7. The van der Waals surface area contributed by atoms with Gasteiger partial charge in [0.2, 0.25) is 10.0 Å². The molecular formula is C26H30N4O4S. The van der Waals surface area contributed by atoms with Gasteiger partial charge < -0.3 is 9.42 Å². The Bertz CT molecular complexity index is 1370. The number of sulfonamides is 1. The SMILES string of the molecule is CC(C)(C)c1noc(-c2ccccc2C(=O)N2CCc3cc(S(=O)(=O)N4CCCCC4)ccc32)n1. The molecule has 2 aromatic carbocycles. The van der Waals surface area contributed by atoms with Crippen molar-refractivity contribution in [2.45, 2.75) is 56.8 Å². The number of hydrogen-bond donors (Lipinski definition) is 0. The fraction of sp³-hybridized carbons (Fsp3) is 0.423. The van der Waals surface area contributed by atoms with Gasteiger partial charge in [0.25, 0.3) is 11.8 Å². The molecule has 35 heavy (non-hydrogen) atoms. The maximum atomic E-state index is 13.6. The number of benzene rings is 2. The lowest BCUT2D eigenvalue weighted by Crippen LogP contribution is -2.35. The molecule has 1 aromatic heterocycles. The predicted molar refractivity (Wildman–Crippen MR) is 133 cm³/mol. The van der Waals surface area contributed by atoms with Crippen LogP contribution in [0.2, 0.25) is 0 Å². The van der Waals surface area contributed by atoms with E-state index in [1.165, 1.54) is 0 Å². The third-order valence-corrected chi connectivity index (χ3v) is 8.52. The van der Waals surface area contributed by atoms with Crippen molar-refractivity contribution < 1.29 is 17.7 Å². The lowest BCUT2D eigenvalue weighted by molar-refractivity contribution is 0.0989. The zero-order valence-corrected chi connectivity index (χ0v) is 21.1. The molecule has 2 aliphatic rings. The first-order valence-electron chi connectivity index (χ1n) is 12.0. The van der Waals surface area contributed by atoms with Crippen LogP contribution in [-0.4, -0.2) is 48.4 Å². The van der Waals surface area contributed by atoms with E-state index in [9.17, 15) is 13.2 Å². The summed E-state index contributed by atoms with van der Waals surface area (Å²) >= 11 is 0. The van der Waals surface area contributed by atoms with Crippen LogP contribution >= 0.6 is 0 Å². The number of amides is 1. The first kappa shape index (κ1) is 23.7. The van der Waals surface area contributed by atoms with Gasteiger partial charge in [0.15, 0.2) is 5.82 Å². The standard InChI is InChI=1S/C26H30N4O4S/c1-26(2,3)25-27-23(34-28-25)20-9-5-6-10-21(20)24(31)30-16-13-18-17-19(11-12-22(18)30)35(32,33)29-14-7-4-8-15-29/h5-6,9-12,17H,4,7-8,13-16H2,1-3H3. The highest BCUT2D eigenvalue weighted by molar-refractivity contribution is 7.89. The fourth-order valence-corrected chi connectivity index (χ4v) is 6.21. The van der Waals surface area contributed by atoms with Crippen LogP contribution in [-0.2, 0) is 21.9 Å². The molecule has 1 fully saturated rings. The number of rotatable bonds is 4. The van der Waals surface area contributed by atoms with Crippen molar-refractivity contribution in [3.8, 4) is 11.5 Å². The van der Waals surface area contributed by atoms with E-state index < -0.39 is 10.0 Å². The summed E-state index contributed by atoms with van der Waals surface area (Å²) in [4.78, 5) is 20.2. The quantitative estimate of drug-likeness (QED) is 0.533. The van der Waals surface area contributed by atoms with Gasteiger partial charge in [0.1, 0.15) is 0 Å². The number of piperidine rings is 1. The Balaban J connectivity index is 1.44. The minimum atomic E-state index is -3.52. The number of nitrogens with zero attached hydrogens (tertiary/aromatic N) is 4. The molecule has 0 unspecified atom stereocenters. The number of hydrogen-bond acceptors (Lipinski definition) is 6. The summed E-state index contributed by atoms with van der Waals surface area (Å²) in [5.74, 6) is 0.700. The van der Waals surface area contributed by atoms with Crippen LogP contribution in [0, 0.1) is 0 Å². The summed E-state index contributed by atoms with van der Waals surface area (Å²) in [5, 5.41) is 4.10. The maximum absolute atomic E-state index is 13.6. The van der Waals surface area contributed by atoms with Crippen LogP contribution in [0.25, 0.3) is 11.5 Å². The monoisotopic (exact) mass is 494 g/mol. The Morgan fingerprint density at radius 2 is 1.74 bits per heavy atom. The summed E-state index contributed by atoms with van der Waals surface area (Å²) in [6.45, 7) is 7.60. The van der Waals surface area contributed by atoms with Gasteiger partial charge in [0.05, 0.1) is 16.0 Å². The van der Waals surface area contributed by atoms with Crippen LogP contribution in [0.5, 0.6) is 0 Å². The molecule has 1 saturated heterocycles. The van der Waals surface area contributed by atoms with Crippen LogP contribution in [0.1, 0.15) is 61.8 Å². The molecule has 0 radical (unpaired) electrons. The summed E-state index contributed by atoms with van der Waals surface area (Å²) < 4.78 is 33.3. The van der Waals surface area contributed by atoms with Crippen molar-refractivity contribution in [2.24, 2.45) is 0 Å². The van der Waals surface area contributed by atoms with Gasteiger partial charge in [-0.2, -0.15) is 9.29 Å². The second-order valence-electron chi connectivity index (χ2n) is 10.2. The van der Waals surface area contributed by atoms with E-state index in [4.69, 9.17) is 4.52 Å². The van der Waals surface area contributed by atoms with Gasteiger partial charge in [-0.15, -0.1) is 0 Å². The smallest absolute Gasteiger partial charge is 0.259 e. The van der Waals surface area contributed by atoms with Crippen LogP contribution in [0.3, 0.4) is 0 Å². The minimum Gasteiger partial charge on any atom is -0.334 e. The second-order valence-corrected chi connectivity index (χ2v) is 12.1. The molecule has 2 aliphatic heterocycles. The largest absolute Gasteiger partial charge is 0.334 e. The van der Waals surface area contributed by atoms with E-state index in [1.807, 2.05) is 32.9 Å². The van der Waals surface area contributed by atoms with Crippen LogP contribution < -0.4 is 4.90 Å². The highest BCUT2D eigenvalue weighted by atomic mass is 32.2. The Morgan fingerprint density at radius 1 is 1.00 bits per heavy atom. The van der Waals surface area contributed by atoms with Crippen LogP contribution in [0.15, 0.2) is 51.9 Å². The topological polar surface area (TPSA) is 96.6 Å². The van der Waals surface area contributed by atoms with Crippen molar-refractivity contribution in [3.63, 3.8) is 0 Å². The third kappa shape index (κ3) is 4.38. The maximum Gasteiger partial charge on any atom is 0.259 e. The van der Waals surface area contributed by atoms with E-state index in [2.05, 4.69) is 10.1 Å². The number of anilines is 1. The van der Waals surface area contributed by atoms with Crippen LogP contribution in [0.4, 0.5) is 5.69 Å². The Morgan fingerprint density at radius 3 is 2.46 bits per heavy atom. The molecule has 0 saturated carbocycles. The normalized spacial score (nSPS) is 16.9. The van der Waals surface area contributed by atoms with Crippen molar-refractivity contribution in [1.82, 2.24) is 14.4 Å². The molecular weight excluding hydrogens is 464 g/mol. The van der Waals surface area contributed by atoms with Gasteiger partial charge >= 0.3 is 0 Å². The Hall–Kier alpha value is -3.04. The average Bonchev–Trinajstić information content (AvgIpc) is 3.51. The van der Waals surface area contributed by atoms with E-state index in [-0.39, 0.29) is 11.3 Å². The number of carbonyl (C=O) groups is 1. The van der Waals surface area contributed by atoms with E-state index >= 15 is 0 Å². The van der Waals surface area contributed by atoms with E-state index in [0.717, 1.165) is 30.5 Å². The average molecular weight is 495 g/mol. The highest BCUT2D eigenvalue weighted by Gasteiger charge is 2.32. The summed E-state index contributed by atoms with van der Waals surface area (Å²) in [7, 11) is -3.52. The summed E-state index contributed by atoms with van der Waals surface area (Å²) in [6, 6.07) is 12.3. The molecule has 5 rings (SSSR count). The molecule has 1 amide bonds. The molecule has 184 valence electrons. The summed E-state index contributed by atoms with van der Waals surface area (Å²) in [6.07, 6.45) is 3.45.